The molecule has 2 aromatic rings. The number of nitrogens with one attached hydrogen (secondary N) is 1. The van der Waals surface area contributed by atoms with Crippen molar-refractivity contribution in [2.24, 2.45) is 0 Å². The first kappa shape index (κ1) is 13.8. The molecule has 7 nitrogen and oxygen atoms in total. The highest BCUT2D eigenvalue weighted by molar-refractivity contribution is 6.23. The van der Waals surface area contributed by atoms with Crippen molar-refractivity contribution in [1.82, 2.24) is 9.88 Å². The van der Waals surface area contributed by atoms with Crippen LogP contribution in [0.15, 0.2) is 29.1 Å². The quantitative estimate of drug-likeness (QED) is 0.784. The van der Waals surface area contributed by atoms with E-state index >= 15 is 0 Å². The first-order valence-corrected chi connectivity index (χ1v) is 6.19. The van der Waals surface area contributed by atoms with Gasteiger partial charge in [0.2, 0.25) is 0 Å². The Hall–Kier alpha value is -3.16. The highest BCUT2D eigenvalue weighted by Crippen LogP contribution is 2.25. The average molecular weight is 303 g/mol. The molecule has 0 atom stereocenters. The molecule has 2 heterocycles. The van der Waals surface area contributed by atoms with Gasteiger partial charge < -0.3 is 10.5 Å². The van der Waals surface area contributed by atoms with Crippen molar-refractivity contribution < 1.29 is 18.7 Å². The summed E-state index contributed by atoms with van der Waals surface area (Å²) in [6.45, 7) is 0. The van der Waals surface area contributed by atoms with E-state index in [1.54, 1.807) is 0 Å². The number of ether oxygens (including phenoxy) is 1. The van der Waals surface area contributed by atoms with Crippen LogP contribution < -0.4 is 21.3 Å². The molecule has 1 aliphatic heterocycles. The summed E-state index contributed by atoms with van der Waals surface area (Å²) < 4.78 is 19.6. The van der Waals surface area contributed by atoms with Crippen LogP contribution in [0.1, 0.15) is 20.7 Å². The molecule has 3 rings (SSSR count). The first-order valence-electron chi connectivity index (χ1n) is 6.19. The Kier molecular flexibility index (Phi) is 2.94. The van der Waals surface area contributed by atoms with E-state index in [-0.39, 0.29) is 28.4 Å². The van der Waals surface area contributed by atoms with Gasteiger partial charge in [0.15, 0.2) is 11.6 Å². The van der Waals surface area contributed by atoms with Gasteiger partial charge in [-0.25, -0.2) is 4.39 Å². The summed E-state index contributed by atoms with van der Waals surface area (Å²) in [5.41, 5.74) is 5.13. The number of carbonyl (C=O) groups is 2. The van der Waals surface area contributed by atoms with Crippen molar-refractivity contribution in [3.63, 3.8) is 0 Å². The molecule has 0 saturated carbocycles. The molecule has 0 saturated heterocycles. The third-order valence-electron chi connectivity index (χ3n) is 3.35. The van der Waals surface area contributed by atoms with Gasteiger partial charge in [-0.1, -0.05) is 0 Å². The number of pyridine rings is 1. The highest BCUT2D eigenvalue weighted by atomic mass is 19.1. The van der Waals surface area contributed by atoms with Crippen LogP contribution in [-0.2, 0) is 0 Å². The Labute approximate surface area is 123 Å². The number of nitrogens with zero attached hydrogens (tertiary/aromatic N) is 1. The second-order valence-corrected chi connectivity index (χ2v) is 4.59. The van der Waals surface area contributed by atoms with Crippen LogP contribution in [-0.4, -0.2) is 23.5 Å². The lowest BCUT2D eigenvalue weighted by molar-refractivity contribution is 0.0880. The molecule has 0 bridgehead atoms. The Morgan fingerprint density at radius 2 is 1.91 bits per heavy atom. The molecule has 0 fully saturated rings. The lowest BCUT2D eigenvalue weighted by Gasteiger charge is -2.12. The SMILES string of the molecule is COc1ccc(-n2c(N)c3c(cc2=O)C(=O)NC3=O)cc1F. The maximum absolute atomic E-state index is 13.8. The summed E-state index contributed by atoms with van der Waals surface area (Å²) in [7, 11) is 1.31. The zero-order chi connectivity index (χ0) is 16.0. The van der Waals surface area contributed by atoms with E-state index in [0.29, 0.717) is 0 Å². The molecule has 112 valence electrons. The van der Waals surface area contributed by atoms with Crippen LogP contribution in [0.2, 0.25) is 0 Å². The van der Waals surface area contributed by atoms with Gasteiger partial charge in [-0.3, -0.25) is 24.3 Å². The molecule has 22 heavy (non-hydrogen) atoms. The number of nitrogen functional groups attached to an aromatic ring is 1. The Balaban J connectivity index is 2.27. The van der Waals surface area contributed by atoms with Crippen LogP contribution in [0.25, 0.3) is 5.69 Å². The number of fused-ring (bicyclic) bond motifs is 1. The van der Waals surface area contributed by atoms with Crippen LogP contribution in [0.4, 0.5) is 10.2 Å². The van der Waals surface area contributed by atoms with Crippen molar-refractivity contribution in [3.05, 3.63) is 51.6 Å². The maximum Gasteiger partial charge on any atom is 0.262 e. The van der Waals surface area contributed by atoms with E-state index in [9.17, 15) is 18.8 Å². The number of nitrogens with two attached hydrogens (primary N) is 1. The number of carbonyl (C=O) groups excluding carboxylic acids is 2. The number of aromatic nitrogens is 1. The van der Waals surface area contributed by atoms with Gasteiger partial charge >= 0.3 is 0 Å². The first-order chi connectivity index (χ1) is 10.4. The second kappa shape index (κ2) is 4.69. The Bertz CT molecular complexity index is 888. The number of imide groups is 1. The minimum absolute atomic E-state index is 0.00412. The fraction of sp³-hybridized carbons (Fsp3) is 0.0714. The predicted octanol–water partition coefficient (Wildman–Crippen LogP) is 0.451. The van der Waals surface area contributed by atoms with Crippen LogP contribution in [0.5, 0.6) is 5.75 Å². The highest BCUT2D eigenvalue weighted by Gasteiger charge is 2.31. The number of benzene rings is 1. The molecule has 1 aromatic heterocycles. The van der Waals surface area contributed by atoms with Crippen LogP contribution >= 0.6 is 0 Å². The third-order valence-corrected chi connectivity index (χ3v) is 3.35. The van der Waals surface area contributed by atoms with Gasteiger partial charge in [-0.15, -0.1) is 0 Å². The van der Waals surface area contributed by atoms with Gasteiger partial charge in [0.1, 0.15) is 5.82 Å². The molecule has 0 unspecified atom stereocenters. The summed E-state index contributed by atoms with van der Waals surface area (Å²) in [6.07, 6.45) is 0. The van der Waals surface area contributed by atoms with Gasteiger partial charge in [-0.05, 0) is 12.1 Å². The number of hydrogen-bond donors (Lipinski definition) is 2. The van der Waals surface area contributed by atoms with Crippen molar-refractivity contribution in [1.29, 1.82) is 0 Å². The summed E-state index contributed by atoms with van der Waals surface area (Å²) >= 11 is 0. The second-order valence-electron chi connectivity index (χ2n) is 4.59. The molecular weight excluding hydrogens is 293 g/mol. The topological polar surface area (TPSA) is 103 Å². The zero-order valence-corrected chi connectivity index (χ0v) is 11.3. The molecule has 8 heteroatoms. The van der Waals surface area contributed by atoms with Crippen LogP contribution in [0.3, 0.4) is 0 Å². The minimum Gasteiger partial charge on any atom is -0.494 e. The summed E-state index contributed by atoms with van der Waals surface area (Å²) in [5, 5.41) is 2.05. The third kappa shape index (κ3) is 1.85. The normalized spacial score (nSPS) is 13.0. The lowest BCUT2D eigenvalue weighted by Crippen LogP contribution is -2.24. The van der Waals surface area contributed by atoms with Gasteiger partial charge in [-0.2, -0.15) is 0 Å². The van der Waals surface area contributed by atoms with E-state index in [1.165, 1.54) is 19.2 Å². The largest absolute Gasteiger partial charge is 0.494 e. The maximum atomic E-state index is 13.8. The smallest absolute Gasteiger partial charge is 0.262 e. The molecule has 0 aliphatic carbocycles. The van der Waals surface area contributed by atoms with Crippen molar-refractivity contribution >= 4 is 17.6 Å². The Morgan fingerprint density at radius 3 is 2.55 bits per heavy atom. The number of methoxy groups -OCH3 is 1. The number of halogens is 1. The monoisotopic (exact) mass is 303 g/mol. The average Bonchev–Trinajstić information content (AvgIpc) is 2.74. The number of anilines is 1. The Morgan fingerprint density at radius 1 is 1.18 bits per heavy atom. The van der Waals surface area contributed by atoms with Gasteiger partial charge in [0.25, 0.3) is 17.4 Å². The molecule has 0 radical (unpaired) electrons. The molecule has 3 N–H and O–H groups in total. The molecule has 0 spiro atoms. The van der Waals surface area contributed by atoms with E-state index in [1.807, 2.05) is 0 Å². The number of hydrogen-bond acceptors (Lipinski definition) is 5. The summed E-state index contributed by atoms with van der Waals surface area (Å²) in [5.74, 6) is -2.29. The summed E-state index contributed by atoms with van der Waals surface area (Å²) in [6, 6.07) is 4.79. The van der Waals surface area contributed by atoms with E-state index < -0.39 is 23.2 Å². The van der Waals surface area contributed by atoms with Crippen LogP contribution in [0, 0.1) is 5.82 Å². The lowest BCUT2D eigenvalue weighted by atomic mass is 10.1. The number of rotatable bonds is 2. The molecule has 2 amide bonds. The fourth-order valence-electron chi connectivity index (χ4n) is 2.34. The van der Waals surface area contributed by atoms with E-state index in [0.717, 1.165) is 16.7 Å². The minimum atomic E-state index is -0.694. The fourth-order valence-corrected chi connectivity index (χ4v) is 2.34. The van der Waals surface area contributed by atoms with Crippen molar-refractivity contribution in [3.8, 4) is 11.4 Å². The number of amides is 2. The van der Waals surface area contributed by atoms with Gasteiger partial charge in [0, 0.05) is 12.1 Å². The molecular formula is C14H10FN3O4. The standard InChI is InChI=1S/C14H10FN3O4/c1-22-9-3-2-6(4-8(9)15)18-10(19)5-7-11(12(18)16)14(21)17-13(7)20/h2-5H,16H2,1H3,(H,17,20,21). The summed E-state index contributed by atoms with van der Waals surface area (Å²) in [4.78, 5) is 35.4. The van der Waals surface area contributed by atoms with E-state index in [4.69, 9.17) is 10.5 Å². The van der Waals surface area contributed by atoms with Crippen molar-refractivity contribution in [2.45, 2.75) is 0 Å². The molecule has 1 aliphatic rings. The zero-order valence-electron chi connectivity index (χ0n) is 11.3. The molecule has 1 aromatic carbocycles. The van der Waals surface area contributed by atoms with E-state index in [2.05, 4.69) is 5.32 Å². The van der Waals surface area contributed by atoms with Crippen molar-refractivity contribution in [2.75, 3.05) is 12.8 Å². The predicted molar refractivity (Wildman–Crippen MR) is 74.8 cm³/mol. The van der Waals surface area contributed by atoms with Gasteiger partial charge in [0.05, 0.1) is 23.9 Å².